The minimum atomic E-state index is -0.103. The van der Waals surface area contributed by atoms with Crippen LogP contribution in [0.15, 0.2) is 22.9 Å². The Balaban J connectivity index is 2.45. The minimum absolute atomic E-state index is 0.103. The molecule has 0 fully saturated rings. The van der Waals surface area contributed by atoms with Crippen molar-refractivity contribution in [2.75, 3.05) is 7.11 Å². The fraction of sp³-hybridized carbons (Fsp3) is 0.429. The standard InChI is InChI=1S/C14H18N2O3/c1-4-7-16-13(12(18-3)9-15-16)14(17)10-6-8-19-11(10)5-2/h6,8-9H,4-5,7H2,1-3H3. The maximum atomic E-state index is 12.6. The van der Waals surface area contributed by atoms with E-state index in [0.717, 1.165) is 6.42 Å². The molecule has 2 aromatic heterocycles. The van der Waals surface area contributed by atoms with E-state index in [1.54, 1.807) is 30.3 Å². The van der Waals surface area contributed by atoms with Gasteiger partial charge in [0.1, 0.15) is 5.76 Å². The van der Waals surface area contributed by atoms with Crippen molar-refractivity contribution in [3.63, 3.8) is 0 Å². The van der Waals surface area contributed by atoms with Crippen LogP contribution in [0.2, 0.25) is 0 Å². The Morgan fingerprint density at radius 3 is 2.89 bits per heavy atom. The van der Waals surface area contributed by atoms with E-state index in [0.29, 0.717) is 35.7 Å². The Morgan fingerprint density at radius 2 is 2.26 bits per heavy atom. The highest BCUT2D eigenvalue weighted by atomic mass is 16.5. The van der Waals surface area contributed by atoms with Gasteiger partial charge >= 0.3 is 0 Å². The highest BCUT2D eigenvalue weighted by molar-refractivity contribution is 6.10. The summed E-state index contributed by atoms with van der Waals surface area (Å²) in [6.07, 6.45) is 4.70. The van der Waals surface area contributed by atoms with Crippen LogP contribution in [0.25, 0.3) is 0 Å². The molecule has 0 aliphatic heterocycles. The quantitative estimate of drug-likeness (QED) is 0.751. The van der Waals surface area contributed by atoms with Crippen LogP contribution in [0.5, 0.6) is 5.75 Å². The molecule has 19 heavy (non-hydrogen) atoms. The molecule has 0 aliphatic carbocycles. The second-order valence-electron chi connectivity index (χ2n) is 4.22. The zero-order chi connectivity index (χ0) is 13.8. The van der Waals surface area contributed by atoms with Crippen molar-refractivity contribution >= 4 is 5.78 Å². The van der Waals surface area contributed by atoms with Gasteiger partial charge in [0, 0.05) is 13.0 Å². The normalized spacial score (nSPS) is 10.7. The van der Waals surface area contributed by atoms with E-state index in [1.165, 1.54) is 0 Å². The molecule has 0 saturated heterocycles. The Hall–Kier alpha value is -2.04. The van der Waals surface area contributed by atoms with E-state index in [-0.39, 0.29) is 5.78 Å². The van der Waals surface area contributed by atoms with Gasteiger partial charge in [0.15, 0.2) is 11.4 Å². The second kappa shape index (κ2) is 5.73. The van der Waals surface area contributed by atoms with Crippen molar-refractivity contribution < 1.29 is 13.9 Å². The number of hydrogen-bond acceptors (Lipinski definition) is 4. The fourth-order valence-electron chi connectivity index (χ4n) is 2.07. The predicted octanol–water partition coefficient (Wildman–Crippen LogP) is 2.69. The SMILES string of the molecule is CCCn1ncc(OC)c1C(=O)c1ccoc1CC. The number of aryl methyl sites for hydroxylation is 2. The summed E-state index contributed by atoms with van der Waals surface area (Å²) in [4.78, 5) is 12.6. The molecule has 0 aromatic carbocycles. The average molecular weight is 262 g/mol. The van der Waals surface area contributed by atoms with E-state index in [1.807, 2.05) is 13.8 Å². The van der Waals surface area contributed by atoms with Gasteiger partial charge in [-0.15, -0.1) is 0 Å². The number of carbonyl (C=O) groups excluding carboxylic acids is 1. The number of methoxy groups -OCH3 is 1. The average Bonchev–Trinajstić information content (AvgIpc) is 3.04. The number of aromatic nitrogens is 2. The van der Waals surface area contributed by atoms with E-state index in [4.69, 9.17) is 9.15 Å². The van der Waals surface area contributed by atoms with E-state index in [9.17, 15) is 4.79 Å². The summed E-state index contributed by atoms with van der Waals surface area (Å²) in [5.41, 5.74) is 1.07. The van der Waals surface area contributed by atoms with Crippen LogP contribution in [0.1, 0.15) is 42.1 Å². The largest absolute Gasteiger partial charge is 0.493 e. The van der Waals surface area contributed by atoms with E-state index >= 15 is 0 Å². The van der Waals surface area contributed by atoms with E-state index < -0.39 is 0 Å². The molecular weight excluding hydrogens is 244 g/mol. The topological polar surface area (TPSA) is 57.3 Å². The summed E-state index contributed by atoms with van der Waals surface area (Å²) < 4.78 is 12.2. The maximum Gasteiger partial charge on any atom is 0.218 e. The molecule has 0 N–H and O–H groups in total. The number of carbonyl (C=O) groups is 1. The number of nitrogens with zero attached hydrogens (tertiary/aromatic N) is 2. The van der Waals surface area contributed by atoms with Crippen molar-refractivity contribution in [1.82, 2.24) is 9.78 Å². The van der Waals surface area contributed by atoms with Crippen LogP contribution < -0.4 is 4.74 Å². The Morgan fingerprint density at radius 1 is 1.47 bits per heavy atom. The number of ketones is 1. The maximum absolute atomic E-state index is 12.6. The lowest BCUT2D eigenvalue weighted by Crippen LogP contribution is -2.13. The molecular formula is C14H18N2O3. The summed E-state index contributed by atoms with van der Waals surface area (Å²) in [7, 11) is 1.54. The highest BCUT2D eigenvalue weighted by Crippen LogP contribution is 2.24. The van der Waals surface area contributed by atoms with Crippen LogP contribution >= 0.6 is 0 Å². The molecule has 5 nitrogen and oxygen atoms in total. The van der Waals surface area contributed by atoms with Crippen LogP contribution in [-0.4, -0.2) is 22.7 Å². The first kappa shape index (κ1) is 13.4. The van der Waals surface area contributed by atoms with Gasteiger partial charge in [0.25, 0.3) is 0 Å². The van der Waals surface area contributed by atoms with Crippen molar-refractivity contribution in [1.29, 1.82) is 0 Å². The zero-order valence-electron chi connectivity index (χ0n) is 11.5. The summed E-state index contributed by atoms with van der Waals surface area (Å²) in [5, 5.41) is 4.20. The monoisotopic (exact) mass is 262 g/mol. The lowest BCUT2D eigenvalue weighted by atomic mass is 10.1. The Kier molecular flexibility index (Phi) is 4.04. The van der Waals surface area contributed by atoms with Crippen molar-refractivity contribution in [3.05, 3.63) is 35.5 Å². The lowest BCUT2D eigenvalue weighted by Gasteiger charge is -2.07. The first-order chi connectivity index (χ1) is 9.22. The molecule has 0 spiro atoms. The minimum Gasteiger partial charge on any atom is -0.493 e. The molecule has 102 valence electrons. The van der Waals surface area contributed by atoms with Gasteiger partial charge in [-0.05, 0) is 12.5 Å². The van der Waals surface area contributed by atoms with Gasteiger partial charge in [-0.1, -0.05) is 13.8 Å². The molecule has 0 saturated carbocycles. The molecule has 2 heterocycles. The Bertz CT molecular complexity index is 569. The summed E-state index contributed by atoms with van der Waals surface area (Å²) in [6, 6.07) is 1.70. The molecule has 0 atom stereocenters. The fourth-order valence-corrected chi connectivity index (χ4v) is 2.07. The lowest BCUT2D eigenvalue weighted by molar-refractivity contribution is 0.102. The number of rotatable bonds is 6. The predicted molar refractivity (Wildman–Crippen MR) is 70.6 cm³/mol. The third kappa shape index (κ3) is 2.41. The zero-order valence-corrected chi connectivity index (χ0v) is 11.5. The van der Waals surface area contributed by atoms with Gasteiger partial charge < -0.3 is 9.15 Å². The van der Waals surface area contributed by atoms with Gasteiger partial charge in [-0.3, -0.25) is 9.48 Å². The summed E-state index contributed by atoms with van der Waals surface area (Å²) >= 11 is 0. The smallest absolute Gasteiger partial charge is 0.218 e. The van der Waals surface area contributed by atoms with Crippen molar-refractivity contribution in [3.8, 4) is 5.75 Å². The second-order valence-corrected chi connectivity index (χ2v) is 4.22. The molecule has 0 unspecified atom stereocenters. The first-order valence-corrected chi connectivity index (χ1v) is 6.43. The third-order valence-electron chi connectivity index (χ3n) is 2.99. The molecule has 0 bridgehead atoms. The molecule has 0 aliphatic rings. The van der Waals surface area contributed by atoms with Gasteiger partial charge in [0.05, 0.1) is 25.1 Å². The third-order valence-corrected chi connectivity index (χ3v) is 2.99. The Labute approximate surface area is 112 Å². The van der Waals surface area contributed by atoms with Crippen LogP contribution in [0.4, 0.5) is 0 Å². The molecule has 5 heteroatoms. The number of ether oxygens (including phenoxy) is 1. The van der Waals surface area contributed by atoms with Crippen molar-refractivity contribution in [2.45, 2.75) is 33.2 Å². The first-order valence-electron chi connectivity index (χ1n) is 6.43. The van der Waals surface area contributed by atoms with Gasteiger partial charge in [0.2, 0.25) is 5.78 Å². The molecule has 2 rings (SSSR count). The molecule has 0 radical (unpaired) electrons. The van der Waals surface area contributed by atoms with Crippen molar-refractivity contribution in [2.24, 2.45) is 0 Å². The van der Waals surface area contributed by atoms with Crippen LogP contribution in [0, 0.1) is 0 Å². The summed E-state index contributed by atoms with van der Waals surface area (Å²) in [6.45, 7) is 4.68. The highest BCUT2D eigenvalue weighted by Gasteiger charge is 2.23. The van der Waals surface area contributed by atoms with Crippen LogP contribution in [0.3, 0.4) is 0 Å². The summed E-state index contributed by atoms with van der Waals surface area (Å²) in [5.74, 6) is 1.09. The number of furan rings is 1. The van der Waals surface area contributed by atoms with E-state index in [2.05, 4.69) is 5.10 Å². The molecule has 2 aromatic rings. The van der Waals surface area contributed by atoms with Gasteiger partial charge in [-0.2, -0.15) is 5.10 Å². The number of hydrogen-bond donors (Lipinski definition) is 0. The van der Waals surface area contributed by atoms with Crippen LogP contribution in [-0.2, 0) is 13.0 Å². The molecule has 0 amide bonds. The van der Waals surface area contributed by atoms with Gasteiger partial charge in [-0.25, -0.2) is 0 Å².